The molecule has 6 heteroatoms. The summed E-state index contributed by atoms with van der Waals surface area (Å²) in [5.41, 5.74) is 6.96. The lowest BCUT2D eigenvalue weighted by Crippen LogP contribution is -2.00. The Morgan fingerprint density at radius 3 is 2.62 bits per heavy atom. The molecule has 0 spiro atoms. The van der Waals surface area contributed by atoms with Crippen LogP contribution >= 0.6 is 0 Å². The topological polar surface area (TPSA) is 74.2 Å². The van der Waals surface area contributed by atoms with E-state index in [9.17, 15) is 4.39 Å². The van der Waals surface area contributed by atoms with Crippen LogP contribution in [0.5, 0.6) is 5.75 Å². The maximum absolute atomic E-state index is 12.9. The Kier molecular flexibility index (Phi) is 3.51. The molecule has 0 unspecified atom stereocenters. The van der Waals surface area contributed by atoms with Crippen LogP contribution in [0.2, 0.25) is 0 Å². The lowest BCUT2D eigenvalue weighted by atomic mass is 10.2. The number of para-hydroxylation sites is 2. The molecular formula is C15H12FN3O2. The van der Waals surface area contributed by atoms with Gasteiger partial charge in [-0.25, -0.2) is 4.39 Å². The largest absolute Gasteiger partial charge is 0.483 e. The molecule has 106 valence electrons. The van der Waals surface area contributed by atoms with E-state index in [2.05, 4.69) is 10.1 Å². The molecule has 0 aliphatic rings. The normalized spacial score (nSPS) is 10.5. The molecule has 0 saturated heterocycles. The van der Waals surface area contributed by atoms with Crippen molar-refractivity contribution in [2.24, 2.45) is 0 Å². The average Bonchev–Trinajstić information content (AvgIpc) is 2.96. The van der Waals surface area contributed by atoms with Crippen LogP contribution in [0.3, 0.4) is 0 Å². The van der Waals surface area contributed by atoms with E-state index in [0.29, 0.717) is 28.7 Å². The molecule has 0 atom stereocenters. The van der Waals surface area contributed by atoms with E-state index < -0.39 is 0 Å². The molecule has 0 saturated carbocycles. The van der Waals surface area contributed by atoms with Crippen LogP contribution in [-0.4, -0.2) is 10.1 Å². The first kappa shape index (κ1) is 13.1. The third kappa shape index (κ3) is 3.00. The lowest BCUT2D eigenvalue weighted by Gasteiger charge is -2.05. The second-order valence-electron chi connectivity index (χ2n) is 4.35. The first-order chi connectivity index (χ1) is 10.2. The number of hydrogen-bond donors (Lipinski definition) is 1. The molecule has 0 fully saturated rings. The summed E-state index contributed by atoms with van der Waals surface area (Å²) in [6.45, 7) is 0.138. The van der Waals surface area contributed by atoms with Crippen LogP contribution in [0.1, 0.15) is 5.82 Å². The second kappa shape index (κ2) is 5.62. The van der Waals surface area contributed by atoms with Gasteiger partial charge in [-0.15, -0.1) is 0 Å². The third-order valence-corrected chi connectivity index (χ3v) is 2.84. The van der Waals surface area contributed by atoms with Crippen LogP contribution < -0.4 is 10.5 Å². The van der Waals surface area contributed by atoms with Crippen molar-refractivity contribution < 1.29 is 13.7 Å². The molecule has 2 aromatic carbocycles. The van der Waals surface area contributed by atoms with Crippen LogP contribution in [-0.2, 0) is 6.61 Å². The number of nitrogens with zero attached hydrogens (tertiary/aromatic N) is 2. The van der Waals surface area contributed by atoms with Gasteiger partial charge in [0.2, 0.25) is 5.82 Å². The molecule has 3 rings (SSSR count). The van der Waals surface area contributed by atoms with Gasteiger partial charge in [-0.1, -0.05) is 17.3 Å². The second-order valence-corrected chi connectivity index (χ2v) is 4.35. The van der Waals surface area contributed by atoms with Crippen molar-refractivity contribution in [2.45, 2.75) is 6.61 Å². The summed E-state index contributed by atoms with van der Waals surface area (Å²) < 4.78 is 23.5. The summed E-state index contributed by atoms with van der Waals surface area (Å²) in [5, 5.41) is 3.81. The highest BCUT2D eigenvalue weighted by Crippen LogP contribution is 2.21. The summed E-state index contributed by atoms with van der Waals surface area (Å²) in [7, 11) is 0. The molecular weight excluding hydrogens is 273 g/mol. The van der Waals surface area contributed by atoms with Crippen molar-refractivity contribution in [3.63, 3.8) is 0 Å². The molecule has 5 nitrogen and oxygen atoms in total. The van der Waals surface area contributed by atoms with Crippen molar-refractivity contribution in [3.05, 3.63) is 60.2 Å². The van der Waals surface area contributed by atoms with Crippen molar-refractivity contribution >= 4 is 5.69 Å². The zero-order chi connectivity index (χ0) is 14.7. The van der Waals surface area contributed by atoms with Gasteiger partial charge in [0.25, 0.3) is 5.89 Å². The van der Waals surface area contributed by atoms with Gasteiger partial charge < -0.3 is 15.0 Å². The number of anilines is 1. The molecule has 21 heavy (non-hydrogen) atoms. The van der Waals surface area contributed by atoms with Gasteiger partial charge in [0.1, 0.15) is 11.6 Å². The molecule has 0 aliphatic heterocycles. The van der Waals surface area contributed by atoms with Gasteiger partial charge in [0, 0.05) is 5.56 Å². The monoisotopic (exact) mass is 285 g/mol. The minimum absolute atomic E-state index is 0.138. The fourth-order valence-electron chi connectivity index (χ4n) is 1.78. The van der Waals surface area contributed by atoms with Crippen molar-refractivity contribution in [1.29, 1.82) is 0 Å². The van der Waals surface area contributed by atoms with Crippen molar-refractivity contribution in [2.75, 3.05) is 5.73 Å². The highest BCUT2D eigenvalue weighted by atomic mass is 19.1. The van der Waals surface area contributed by atoms with Gasteiger partial charge in [-0.2, -0.15) is 4.98 Å². The van der Waals surface area contributed by atoms with E-state index in [0.717, 1.165) is 0 Å². The van der Waals surface area contributed by atoms with Crippen LogP contribution in [0.4, 0.5) is 10.1 Å². The number of ether oxygens (including phenoxy) is 1. The highest BCUT2D eigenvalue weighted by Gasteiger charge is 2.10. The maximum Gasteiger partial charge on any atom is 0.258 e. The predicted octanol–water partition coefficient (Wildman–Crippen LogP) is 3.04. The first-order valence-electron chi connectivity index (χ1n) is 6.28. The summed E-state index contributed by atoms with van der Waals surface area (Å²) in [5.74, 6) is 0.944. The van der Waals surface area contributed by atoms with Gasteiger partial charge in [-0.3, -0.25) is 0 Å². The maximum atomic E-state index is 12.9. The fourth-order valence-corrected chi connectivity index (χ4v) is 1.78. The molecule has 3 aromatic rings. The van der Waals surface area contributed by atoms with Gasteiger partial charge in [0.05, 0.1) is 5.69 Å². The van der Waals surface area contributed by atoms with Gasteiger partial charge >= 0.3 is 0 Å². The van der Waals surface area contributed by atoms with Crippen LogP contribution in [0.25, 0.3) is 11.5 Å². The van der Waals surface area contributed by atoms with E-state index in [-0.39, 0.29) is 12.4 Å². The van der Waals surface area contributed by atoms with E-state index in [4.69, 9.17) is 15.0 Å². The summed E-state index contributed by atoms with van der Waals surface area (Å²) in [6, 6.07) is 13.0. The van der Waals surface area contributed by atoms with E-state index >= 15 is 0 Å². The molecule has 0 bridgehead atoms. The molecule has 1 aromatic heterocycles. The average molecular weight is 285 g/mol. The minimum Gasteiger partial charge on any atom is -0.483 e. The van der Waals surface area contributed by atoms with Crippen molar-refractivity contribution in [3.8, 4) is 17.2 Å². The van der Waals surface area contributed by atoms with E-state index in [1.807, 2.05) is 12.1 Å². The number of nitrogen functional groups attached to an aromatic ring is 1. The Labute approximate surface area is 120 Å². The van der Waals surface area contributed by atoms with Crippen molar-refractivity contribution in [1.82, 2.24) is 10.1 Å². The Morgan fingerprint density at radius 2 is 1.86 bits per heavy atom. The molecule has 1 heterocycles. The number of hydrogen-bond acceptors (Lipinski definition) is 5. The Morgan fingerprint density at radius 1 is 1.10 bits per heavy atom. The zero-order valence-corrected chi connectivity index (χ0v) is 11.0. The number of aromatic nitrogens is 2. The molecule has 2 N–H and O–H groups in total. The summed E-state index contributed by atoms with van der Waals surface area (Å²) in [6.07, 6.45) is 0. The minimum atomic E-state index is -0.318. The molecule has 0 radical (unpaired) electrons. The van der Waals surface area contributed by atoms with Gasteiger partial charge in [-0.05, 0) is 36.4 Å². The number of nitrogens with two attached hydrogens (primary N) is 1. The number of rotatable bonds is 4. The van der Waals surface area contributed by atoms with Gasteiger partial charge in [0.15, 0.2) is 6.61 Å². The fraction of sp³-hybridized carbons (Fsp3) is 0.0667. The first-order valence-corrected chi connectivity index (χ1v) is 6.28. The van der Waals surface area contributed by atoms with E-state index in [1.54, 1.807) is 24.3 Å². The van der Waals surface area contributed by atoms with Crippen LogP contribution in [0.15, 0.2) is 53.1 Å². The standard InChI is InChI=1S/C15H12FN3O2/c16-11-7-5-10(6-8-11)15-18-14(19-21-15)9-20-13-4-2-1-3-12(13)17/h1-8H,9,17H2. The third-order valence-electron chi connectivity index (χ3n) is 2.84. The van der Waals surface area contributed by atoms with E-state index in [1.165, 1.54) is 12.1 Å². The zero-order valence-electron chi connectivity index (χ0n) is 11.0. The SMILES string of the molecule is Nc1ccccc1OCc1noc(-c2ccc(F)cc2)n1. The van der Waals surface area contributed by atoms with Crippen LogP contribution in [0, 0.1) is 5.82 Å². The summed E-state index contributed by atoms with van der Waals surface area (Å²) in [4.78, 5) is 4.19. The Bertz CT molecular complexity index is 741. The smallest absolute Gasteiger partial charge is 0.258 e. The summed E-state index contributed by atoms with van der Waals surface area (Å²) >= 11 is 0. The Balaban J connectivity index is 1.71. The molecule has 0 aliphatic carbocycles. The Hall–Kier alpha value is -2.89. The highest BCUT2D eigenvalue weighted by molar-refractivity contribution is 5.53. The predicted molar refractivity (Wildman–Crippen MR) is 74.9 cm³/mol. The number of halogens is 1. The number of benzene rings is 2. The lowest BCUT2D eigenvalue weighted by molar-refractivity contribution is 0.288. The quantitative estimate of drug-likeness (QED) is 0.746. The molecule has 0 amide bonds.